The zero-order chi connectivity index (χ0) is 6.62. The molecule has 0 aliphatic rings. The maximum atomic E-state index is 5.42. The summed E-state index contributed by atoms with van der Waals surface area (Å²) in [6.07, 6.45) is 0. The Hall–Kier alpha value is 0.270. The minimum atomic E-state index is 0.208. The smallest absolute Gasteiger partial charge is 0.0140 e. The van der Waals surface area contributed by atoms with Crippen molar-refractivity contribution in [1.82, 2.24) is 0 Å². The lowest BCUT2D eigenvalue weighted by atomic mass is 9.97. The molecule has 3 heteroatoms. The topological polar surface area (TPSA) is 52.0 Å². The van der Waals surface area contributed by atoms with Gasteiger partial charge in [0.2, 0.25) is 0 Å². The fraction of sp³-hybridized carbons (Fsp3) is 1.00. The van der Waals surface area contributed by atoms with Gasteiger partial charge >= 0.3 is 0 Å². The summed E-state index contributed by atoms with van der Waals surface area (Å²) in [7, 11) is 0. The van der Waals surface area contributed by atoms with E-state index in [0.717, 1.165) is 5.75 Å². The molecule has 0 atom stereocenters. The Balaban J connectivity index is 3.37. The van der Waals surface area contributed by atoms with Crippen molar-refractivity contribution < 1.29 is 0 Å². The largest absolute Gasteiger partial charge is 0.330 e. The minimum Gasteiger partial charge on any atom is -0.330 e. The Morgan fingerprint density at radius 1 is 1.50 bits per heavy atom. The van der Waals surface area contributed by atoms with E-state index in [1.807, 2.05) is 0 Å². The van der Waals surface area contributed by atoms with E-state index in [4.69, 9.17) is 10.9 Å². The van der Waals surface area contributed by atoms with Crippen LogP contribution in [0.2, 0.25) is 0 Å². The van der Waals surface area contributed by atoms with Crippen LogP contribution in [0.3, 0.4) is 0 Å². The van der Waals surface area contributed by atoms with Gasteiger partial charge in [0.25, 0.3) is 0 Å². The maximum Gasteiger partial charge on any atom is 0.0140 e. The molecule has 0 fully saturated rings. The fourth-order valence-corrected chi connectivity index (χ4v) is 0.854. The van der Waals surface area contributed by atoms with Gasteiger partial charge in [-0.05, 0) is 12.0 Å². The van der Waals surface area contributed by atoms with Crippen LogP contribution >= 0.6 is 11.9 Å². The van der Waals surface area contributed by atoms with E-state index < -0.39 is 0 Å². The minimum absolute atomic E-state index is 0.208. The highest BCUT2D eigenvalue weighted by molar-refractivity contribution is 7.97. The van der Waals surface area contributed by atoms with E-state index >= 15 is 0 Å². The first-order valence-corrected chi connectivity index (χ1v) is 3.69. The second kappa shape index (κ2) is 3.33. The summed E-state index contributed by atoms with van der Waals surface area (Å²) in [4.78, 5) is 0. The molecule has 0 amide bonds. The maximum absolute atomic E-state index is 5.42. The Morgan fingerprint density at radius 3 is 2.12 bits per heavy atom. The van der Waals surface area contributed by atoms with Crippen LogP contribution in [0.25, 0.3) is 0 Å². The molecule has 0 aromatic rings. The first-order valence-electron chi connectivity index (χ1n) is 2.64. The van der Waals surface area contributed by atoms with Crippen molar-refractivity contribution in [2.24, 2.45) is 16.3 Å². The summed E-state index contributed by atoms with van der Waals surface area (Å²) in [5, 5.41) is 5.25. The molecule has 0 aliphatic carbocycles. The van der Waals surface area contributed by atoms with E-state index in [2.05, 4.69) is 13.8 Å². The van der Waals surface area contributed by atoms with Crippen molar-refractivity contribution in [1.29, 1.82) is 0 Å². The van der Waals surface area contributed by atoms with Crippen molar-refractivity contribution in [3.63, 3.8) is 0 Å². The SMILES string of the molecule is CC(C)(CN)CSN. The Bertz CT molecular complexity index is 63.4. The predicted molar refractivity (Wildman–Crippen MR) is 39.5 cm³/mol. The van der Waals surface area contributed by atoms with Gasteiger partial charge in [-0.2, -0.15) is 0 Å². The fourth-order valence-electron chi connectivity index (χ4n) is 0.285. The van der Waals surface area contributed by atoms with Gasteiger partial charge in [-0.3, -0.25) is 5.14 Å². The Labute approximate surface area is 55.1 Å². The standard InChI is InChI=1S/C5H14N2S/c1-5(2,3-6)4-8-7/h3-4,6-7H2,1-2H3. The van der Waals surface area contributed by atoms with E-state index in [1.165, 1.54) is 11.9 Å². The molecule has 0 aromatic heterocycles. The molecular formula is C5H14N2S. The van der Waals surface area contributed by atoms with Gasteiger partial charge in [0.05, 0.1) is 0 Å². The highest BCUT2D eigenvalue weighted by Crippen LogP contribution is 2.15. The first kappa shape index (κ1) is 8.27. The molecule has 50 valence electrons. The third kappa shape index (κ3) is 3.29. The van der Waals surface area contributed by atoms with Crippen LogP contribution in [-0.2, 0) is 0 Å². The molecule has 0 aromatic carbocycles. The molecule has 0 rings (SSSR count). The zero-order valence-corrected chi connectivity index (χ0v) is 6.29. The monoisotopic (exact) mass is 134 g/mol. The molecule has 0 bridgehead atoms. The molecule has 0 heterocycles. The van der Waals surface area contributed by atoms with Crippen LogP contribution in [0.1, 0.15) is 13.8 Å². The molecule has 0 saturated carbocycles. The van der Waals surface area contributed by atoms with Crippen LogP contribution in [0.5, 0.6) is 0 Å². The van der Waals surface area contributed by atoms with Gasteiger partial charge in [-0.15, -0.1) is 0 Å². The van der Waals surface area contributed by atoms with Gasteiger partial charge in [-0.25, -0.2) is 0 Å². The zero-order valence-electron chi connectivity index (χ0n) is 5.48. The number of rotatable bonds is 3. The summed E-state index contributed by atoms with van der Waals surface area (Å²) in [5.41, 5.74) is 5.63. The van der Waals surface area contributed by atoms with E-state index in [1.54, 1.807) is 0 Å². The molecule has 0 radical (unpaired) electrons. The van der Waals surface area contributed by atoms with E-state index in [9.17, 15) is 0 Å². The van der Waals surface area contributed by atoms with Gasteiger partial charge in [0.1, 0.15) is 0 Å². The molecule has 0 aliphatic heterocycles. The summed E-state index contributed by atoms with van der Waals surface area (Å²) >= 11 is 1.35. The normalized spacial score (nSPS) is 12.0. The molecule has 0 saturated heterocycles. The second-order valence-corrected chi connectivity index (χ2v) is 3.30. The van der Waals surface area contributed by atoms with Crippen LogP contribution in [0, 0.1) is 5.41 Å². The highest BCUT2D eigenvalue weighted by atomic mass is 32.2. The van der Waals surface area contributed by atoms with Gasteiger partial charge in [-0.1, -0.05) is 25.8 Å². The highest BCUT2D eigenvalue weighted by Gasteiger charge is 2.13. The summed E-state index contributed by atoms with van der Waals surface area (Å²) in [5.74, 6) is 0.934. The third-order valence-electron chi connectivity index (χ3n) is 1.03. The van der Waals surface area contributed by atoms with E-state index in [0.29, 0.717) is 6.54 Å². The van der Waals surface area contributed by atoms with Crippen molar-refractivity contribution in [3.05, 3.63) is 0 Å². The van der Waals surface area contributed by atoms with Gasteiger partial charge < -0.3 is 5.73 Å². The lowest BCUT2D eigenvalue weighted by Crippen LogP contribution is -2.26. The van der Waals surface area contributed by atoms with Crippen molar-refractivity contribution in [2.45, 2.75) is 13.8 Å². The van der Waals surface area contributed by atoms with Crippen LogP contribution in [-0.4, -0.2) is 12.3 Å². The summed E-state index contributed by atoms with van der Waals surface area (Å²) in [6.45, 7) is 4.91. The number of hydrogen-bond acceptors (Lipinski definition) is 3. The number of nitrogens with two attached hydrogens (primary N) is 2. The van der Waals surface area contributed by atoms with Crippen LogP contribution in [0.15, 0.2) is 0 Å². The lowest BCUT2D eigenvalue weighted by molar-refractivity contribution is 0.438. The number of hydrogen-bond donors (Lipinski definition) is 2. The summed E-state index contributed by atoms with van der Waals surface area (Å²) < 4.78 is 0. The quantitative estimate of drug-likeness (QED) is 0.555. The molecule has 4 N–H and O–H groups in total. The molecule has 0 spiro atoms. The molecule has 0 unspecified atom stereocenters. The summed E-state index contributed by atoms with van der Waals surface area (Å²) in [6, 6.07) is 0. The van der Waals surface area contributed by atoms with E-state index in [-0.39, 0.29) is 5.41 Å². The molecule has 8 heavy (non-hydrogen) atoms. The first-order chi connectivity index (χ1) is 3.62. The average molecular weight is 134 g/mol. The van der Waals surface area contributed by atoms with Crippen molar-refractivity contribution >= 4 is 11.9 Å². The van der Waals surface area contributed by atoms with Crippen molar-refractivity contribution in [2.75, 3.05) is 12.3 Å². The predicted octanol–water partition coefficient (Wildman–Crippen LogP) is 0.578. The van der Waals surface area contributed by atoms with Gasteiger partial charge in [0.15, 0.2) is 0 Å². The van der Waals surface area contributed by atoms with Crippen LogP contribution in [0.4, 0.5) is 0 Å². The Kier molecular flexibility index (Phi) is 3.44. The lowest BCUT2D eigenvalue weighted by Gasteiger charge is -2.19. The second-order valence-electron chi connectivity index (χ2n) is 2.68. The van der Waals surface area contributed by atoms with Crippen molar-refractivity contribution in [3.8, 4) is 0 Å². The average Bonchev–Trinajstić information content (AvgIpc) is 1.67. The Morgan fingerprint density at radius 2 is 2.00 bits per heavy atom. The molecule has 2 nitrogen and oxygen atoms in total. The third-order valence-corrected chi connectivity index (χ3v) is 1.97. The van der Waals surface area contributed by atoms with Gasteiger partial charge in [0, 0.05) is 5.75 Å². The van der Waals surface area contributed by atoms with Crippen LogP contribution < -0.4 is 10.9 Å². The molecular weight excluding hydrogens is 120 g/mol.